The van der Waals surface area contributed by atoms with E-state index in [0.29, 0.717) is 12.4 Å². The third kappa shape index (κ3) is 2.15. The molecule has 0 radical (unpaired) electrons. The Kier molecular flexibility index (Phi) is 2.86. The van der Waals surface area contributed by atoms with Gasteiger partial charge in [0.25, 0.3) is 0 Å². The molecule has 4 heteroatoms. The maximum atomic E-state index is 6.00. The summed E-state index contributed by atoms with van der Waals surface area (Å²) in [5.41, 5.74) is 8.14. The number of benzene rings is 1. The molecule has 0 aliphatic carbocycles. The minimum absolute atomic E-state index is 0.697. The molecule has 2 heterocycles. The quantitative estimate of drug-likeness (QED) is 0.780. The third-order valence-corrected chi connectivity index (χ3v) is 3.65. The fourth-order valence-electron chi connectivity index (χ4n) is 1.86. The first-order valence-corrected chi connectivity index (χ1v) is 6.62. The second-order valence-corrected chi connectivity index (χ2v) is 5.02. The zero-order chi connectivity index (χ0) is 12.4. The van der Waals surface area contributed by atoms with Crippen LogP contribution in [0, 0.1) is 0 Å². The summed E-state index contributed by atoms with van der Waals surface area (Å²) in [6.45, 7) is 0.706. The van der Waals surface area contributed by atoms with Gasteiger partial charge >= 0.3 is 0 Å². The average molecular weight is 255 g/mol. The van der Waals surface area contributed by atoms with Gasteiger partial charge in [-0.3, -0.25) is 0 Å². The predicted octanol–water partition coefficient (Wildman–Crippen LogP) is 3.24. The highest BCUT2D eigenvalue weighted by atomic mass is 32.1. The first-order valence-electron chi connectivity index (χ1n) is 5.74. The molecule has 0 bridgehead atoms. The van der Waals surface area contributed by atoms with E-state index < -0.39 is 0 Å². The van der Waals surface area contributed by atoms with Gasteiger partial charge in [0.1, 0.15) is 11.5 Å². The maximum Gasteiger partial charge on any atom is 0.122 e. The lowest BCUT2D eigenvalue weighted by molar-refractivity contribution is 0.700. The number of nitrogens with two attached hydrogens (primary N) is 1. The van der Waals surface area contributed by atoms with Gasteiger partial charge in [0, 0.05) is 6.07 Å². The van der Waals surface area contributed by atoms with E-state index in [1.54, 1.807) is 11.3 Å². The number of anilines is 1. The third-order valence-electron chi connectivity index (χ3n) is 2.76. The summed E-state index contributed by atoms with van der Waals surface area (Å²) in [7, 11) is 0. The summed E-state index contributed by atoms with van der Waals surface area (Å²) < 4.78 is 1.84. The van der Waals surface area contributed by atoms with Gasteiger partial charge in [-0.1, -0.05) is 36.4 Å². The van der Waals surface area contributed by atoms with E-state index >= 15 is 0 Å². The van der Waals surface area contributed by atoms with Crippen LogP contribution in [0.2, 0.25) is 0 Å². The van der Waals surface area contributed by atoms with Gasteiger partial charge in [0.05, 0.1) is 11.4 Å². The summed E-state index contributed by atoms with van der Waals surface area (Å²) in [6.07, 6.45) is 0. The first-order chi connectivity index (χ1) is 8.83. The van der Waals surface area contributed by atoms with Crippen molar-refractivity contribution in [2.24, 2.45) is 0 Å². The summed E-state index contributed by atoms with van der Waals surface area (Å²) >= 11 is 1.67. The Morgan fingerprint density at radius 1 is 1.11 bits per heavy atom. The Morgan fingerprint density at radius 2 is 1.94 bits per heavy atom. The number of thiophene rings is 1. The van der Waals surface area contributed by atoms with E-state index in [9.17, 15) is 0 Å². The largest absolute Gasteiger partial charge is 0.384 e. The molecule has 18 heavy (non-hydrogen) atoms. The second-order valence-electron chi connectivity index (χ2n) is 4.07. The fraction of sp³-hybridized carbons (Fsp3) is 0.0714. The molecule has 0 unspecified atom stereocenters. The lowest BCUT2D eigenvalue weighted by Gasteiger charge is -2.03. The molecule has 0 spiro atoms. The minimum atomic E-state index is 0.697. The van der Waals surface area contributed by atoms with E-state index in [2.05, 4.69) is 23.3 Å². The van der Waals surface area contributed by atoms with Crippen molar-refractivity contribution >= 4 is 17.2 Å². The molecule has 3 aromatic rings. The number of hydrogen-bond acceptors (Lipinski definition) is 3. The molecule has 0 saturated heterocycles. The van der Waals surface area contributed by atoms with Crippen LogP contribution in [0.15, 0.2) is 53.9 Å². The lowest BCUT2D eigenvalue weighted by atomic mass is 10.2. The van der Waals surface area contributed by atoms with Crippen LogP contribution in [0.25, 0.3) is 10.6 Å². The van der Waals surface area contributed by atoms with Gasteiger partial charge in [-0.25, -0.2) is 4.68 Å². The Bertz CT molecular complexity index is 626. The van der Waals surface area contributed by atoms with Crippen LogP contribution in [0.5, 0.6) is 0 Å². The van der Waals surface area contributed by atoms with E-state index in [1.165, 1.54) is 5.56 Å². The van der Waals surface area contributed by atoms with Crippen molar-refractivity contribution in [3.63, 3.8) is 0 Å². The van der Waals surface area contributed by atoms with Gasteiger partial charge in [-0.05, 0) is 17.0 Å². The summed E-state index contributed by atoms with van der Waals surface area (Å²) in [4.78, 5) is 1.15. The molecule has 0 aliphatic rings. The highest BCUT2D eigenvalue weighted by molar-refractivity contribution is 7.13. The molecule has 0 aliphatic heterocycles. The Morgan fingerprint density at radius 3 is 2.67 bits per heavy atom. The van der Waals surface area contributed by atoms with Gasteiger partial charge in [0.15, 0.2) is 0 Å². The van der Waals surface area contributed by atoms with Crippen LogP contribution in [0.4, 0.5) is 5.82 Å². The summed E-state index contributed by atoms with van der Waals surface area (Å²) in [6, 6.07) is 16.2. The van der Waals surface area contributed by atoms with Crippen molar-refractivity contribution in [3.8, 4) is 10.6 Å². The SMILES string of the molecule is Nc1cc(-c2cccs2)nn1Cc1ccccc1. The lowest BCUT2D eigenvalue weighted by Crippen LogP contribution is -2.05. The topological polar surface area (TPSA) is 43.8 Å². The predicted molar refractivity (Wildman–Crippen MR) is 75.5 cm³/mol. The molecular weight excluding hydrogens is 242 g/mol. The van der Waals surface area contributed by atoms with Crippen molar-refractivity contribution in [3.05, 3.63) is 59.5 Å². The molecule has 0 saturated carbocycles. The molecule has 90 valence electrons. The van der Waals surface area contributed by atoms with Crippen molar-refractivity contribution in [2.45, 2.75) is 6.54 Å². The van der Waals surface area contributed by atoms with Crippen molar-refractivity contribution in [2.75, 3.05) is 5.73 Å². The van der Waals surface area contributed by atoms with E-state index in [4.69, 9.17) is 5.73 Å². The molecule has 0 fully saturated rings. The van der Waals surface area contributed by atoms with E-state index in [1.807, 2.05) is 40.4 Å². The Hall–Kier alpha value is -2.07. The summed E-state index contributed by atoms with van der Waals surface area (Å²) in [5.74, 6) is 0.697. The first kappa shape index (κ1) is 11.0. The van der Waals surface area contributed by atoms with Gasteiger partial charge < -0.3 is 5.73 Å². The second kappa shape index (κ2) is 4.66. The molecule has 2 N–H and O–H groups in total. The number of nitrogen functional groups attached to an aromatic ring is 1. The number of hydrogen-bond donors (Lipinski definition) is 1. The van der Waals surface area contributed by atoms with Gasteiger partial charge in [-0.15, -0.1) is 11.3 Å². The number of aromatic nitrogens is 2. The molecule has 1 aromatic carbocycles. The van der Waals surface area contributed by atoms with Crippen molar-refractivity contribution in [1.29, 1.82) is 0 Å². The van der Waals surface area contributed by atoms with Crippen molar-refractivity contribution in [1.82, 2.24) is 9.78 Å². The van der Waals surface area contributed by atoms with Crippen molar-refractivity contribution < 1.29 is 0 Å². The fourth-order valence-corrected chi connectivity index (χ4v) is 2.54. The highest BCUT2D eigenvalue weighted by Gasteiger charge is 2.08. The Labute approximate surface area is 109 Å². The standard InChI is InChI=1S/C14H13N3S/c15-14-9-12(13-7-4-8-18-13)16-17(14)10-11-5-2-1-3-6-11/h1-9H,10,15H2. The number of rotatable bonds is 3. The van der Waals surface area contributed by atoms with E-state index in [0.717, 1.165) is 10.6 Å². The molecule has 0 amide bonds. The zero-order valence-electron chi connectivity index (χ0n) is 9.78. The van der Waals surface area contributed by atoms with Crippen LogP contribution in [-0.4, -0.2) is 9.78 Å². The molecule has 0 atom stereocenters. The average Bonchev–Trinajstić information content (AvgIpc) is 3.01. The van der Waals surface area contributed by atoms with Crippen LogP contribution in [0.3, 0.4) is 0 Å². The van der Waals surface area contributed by atoms with Crippen LogP contribution in [0.1, 0.15) is 5.56 Å². The van der Waals surface area contributed by atoms with Gasteiger partial charge in [-0.2, -0.15) is 5.10 Å². The minimum Gasteiger partial charge on any atom is -0.384 e. The van der Waals surface area contributed by atoms with E-state index in [-0.39, 0.29) is 0 Å². The van der Waals surface area contributed by atoms with Crippen LogP contribution >= 0.6 is 11.3 Å². The highest BCUT2D eigenvalue weighted by Crippen LogP contribution is 2.25. The molecule has 3 rings (SSSR count). The molecule has 2 aromatic heterocycles. The van der Waals surface area contributed by atoms with Gasteiger partial charge in [0.2, 0.25) is 0 Å². The number of nitrogens with zero attached hydrogens (tertiary/aromatic N) is 2. The monoisotopic (exact) mass is 255 g/mol. The zero-order valence-corrected chi connectivity index (χ0v) is 10.6. The Balaban J connectivity index is 1.90. The molecular formula is C14H13N3S. The molecule has 3 nitrogen and oxygen atoms in total. The normalized spacial score (nSPS) is 10.7. The van der Waals surface area contributed by atoms with Crippen LogP contribution < -0.4 is 5.73 Å². The maximum absolute atomic E-state index is 6.00. The van der Waals surface area contributed by atoms with Crippen LogP contribution in [-0.2, 0) is 6.54 Å². The smallest absolute Gasteiger partial charge is 0.122 e. The summed E-state index contributed by atoms with van der Waals surface area (Å²) in [5, 5.41) is 6.59.